The van der Waals surface area contributed by atoms with Crippen LogP contribution in [0.3, 0.4) is 0 Å². The lowest BCUT2D eigenvalue weighted by Gasteiger charge is -2.20. The number of nitrogens with zero attached hydrogens (tertiary/aromatic N) is 2. The Morgan fingerprint density at radius 1 is 1.24 bits per heavy atom. The van der Waals surface area contributed by atoms with Crippen LogP contribution < -0.4 is 0 Å². The van der Waals surface area contributed by atoms with E-state index in [2.05, 4.69) is 20.8 Å². The van der Waals surface area contributed by atoms with E-state index in [-0.39, 0.29) is 10.5 Å². The number of carboxylic acids is 1. The molecular weight excluding hydrogens is 360 g/mol. The smallest absolute Gasteiger partial charge is 0.336 e. The monoisotopic (exact) mass is 376 g/mol. The van der Waals surface area contributed by atoms with Crippen molar-refractivity contribution in [3.8, 4) is 0 Å². The molecule has 21 heavy (non-hydrogen) atoms. The molecule has 1 heterocycles. The first kappa shape index (κ1) is 16.4. The summed E-state index contributed by atoms with van der Waals surface area (Å²) in [6.45, 7) is 2.39. The molecule has 0 atom stereocenters. The second-order valence-corrected chi connectivity index (χ2v) is 7.80. The SMILES string of the molecule is CN1CCCN(S(=O)(=O)c2ccc(Br)c(C(=O)O)c2)CC1. The van der Waals surface area contributed by atoms with Gasteiger partial charge in [-0.15, -0.1) is 0 Å². The molecule has 1 saturated heterocycles. The van der Waals surface area contributed by atoms with E-state index in [1.54, 1.807) is 0 Å². The molecular formula is C13H17BrN2O4S. The third kappa shape index (κ3) is 3.63. The predicted octanol–water partition coefficient (Wildman–Crippen LogP) is 1.47. The van der Waals surface area contributed by atoms with Gasteiger partial charge in [-0.1, -0.05) is 0 Å². The normalized spacial score (nSPS) is 18.4. The summed E-state index contributed by atoms with van der Waals surface area (Å²) < 4.78 is 27.1. The molecule has 1 aliphatic heterocycles. The fourth-order valence-corrected chi connectivity index (χ4v) is 4.15. The van der Waals surface area contributed by atoms with E-state index in [1.165, 1.54) is 22.5 Å². The molecule has 0 aromatic heterocycles. The first-order valence-corrected chi connectivity index (χ1v) is 8.77. The van der Waals surface area contributed by atoms with Crippen LogP contribution in [0, 0.1) is 0 Å². The Morgan fingerprint density at radius 2 is 1.95 bits per heavy atom. The van der Waals surface area contributed by atoms with Gasteiger partial charge in [-0.05, 0) is 54.1 Å². The molecule has 1 aromatic rings. The number of halogens is 1. The van der Waals surface area contributed by atoms with Crippen molar-refractivity contribution in [2.24, 2.45) is 0 Å². The molecule has 2 rings (SSSR count). The van der Waals surface area contributed by atoms with Gasteiger partial charge in [0.15, 0.2) is 0 Å². The van der Waals surface area contributed by atoms with E-state index in [9.17, 15) is 13.2 Å². The lowest BCUT2D eigenvalue weighted by Crippen LogP contribution is -2.34. The zero-order valence-electron chi connectivity index (χ0n) is 11.6. The maximum atomic E-state index is 12.6. The number of carbonyl (C=O) groups is 1. The maximum Gasteiger partial charge on any atom is 0.336 e. The van der Waals surface area contributed by atoms with Crippen molar-refractivity contribution in [1.82, 2.24) is 9.21 Å². The summed E-state index contributed by atoms with van der Waals surface area (Å²) in [5, 5.41) is 9.10. The van der Waals surface area contributed by atoms with Crippen LogP contribution in [0.15, 0.2) is 27.6 Å². The summed E-state index contributed by atoms with van der Waals surface area (Å²) in [4.78, 5) is 13.2. The first-order chi connectivity index (χ1) is 9.82. The number of benzene rings is 1. The summed E-state index contributed by atoms with van der Waals surface area (Å²) in [5.74, 6) is -1.16. The molecule has 1 N–H and O–H groups in total. The third-order valence-corrected chi connectivity index (χ3v) is 6.07. The molecule has 0 bridgehead atoms. The minimum atomic E-state index is -3.66. The summed E-state index contributed by atoms with van der Waals surface area (Å²) in [7, 11) is -1.70. The molecule has 6 nitrogen and oxygen atoms in total. The number of carboxylic acid groups (broad SMARTS) is 1. The van der Waals surface area contributed by atoms with Crippen LogP contribution >= 0.6 is 15.9 Å². The van der Waals surface area contributed by atoms with Gasteiger partial charge in [0, 0.05) is 24.1 Å². The zero-order chi connectivity index (χ0) is 15.6. The second kappa shape index (κ2) is 6.43. The first-order valence-electron chi connectivity index (χ1n) is 6.54. The number of aromatic carboxylic acids is 1. The van der Waals surface area contributed by atoms with Crippen molar-refractivity contribution < 1.29 is 18.3 Å². The molecule has 116 valence electrons. The molecule has 0 unspecified atom stereocenters. The fraction of sp³-hybridized carbons (Fsp3) is 0.462. The van der Waals surface area contributed by atoms with Gasteiger partial charge in [0.05, 0.1) is 10.5 Å². The number of rotatable bonds is 3. The summed E-state index contributed by atoms with van der Waals surface area (Å²) in [6.07, 6.45) is 0.762. The minimum Gasteiger partial charge on any atom is -0.478 e. The van der Waals surface area contributed by atoms with Gasteiger partial charge in [-0.2, -0.15) is 4.31 Å². The predicted molar refractivity (Wildman–Crippen MR) is 82.0 cm³/mol. The Labute approximate surface area is 132 Å². The van der Waals surface area contributed by atoms with Crippen LogP contribution in [-0.4, -0.2) is 61.9 Å². The van der Waals surface area contributed by atoms with Gasteiger partial charge in [0.25, 0.3) is 0 Å². The van der Waals surface area contributed by atoms with Gasteiger partial charge in [-0.3, -0.25) is 0 Å². The summed E-state index contributed by atoms with van der Waals surface area (Å²) in [5.41, 5.74) is -0.0528. The van der Waals surface area contributed by atoms with Gasteiger partial charge >= 0.3 is 5.97 Å². The van der Waals surface area contributed by atoms with E-state index >= 15 is 0 Å². The zero-order valence-corrected chi connectivity index (χ0v) is 14.0. The van der Waals surface area contributed by atoms with Crippen LogP contribution in [-0.2, 0) is 10.0 Å². The van der Waals surface area contributed by atoms with Gasteiger partial charge in [-0.25, -0.2) is 13.2 Å². The Kier molecular flexibility index (Phi) is 5.03. The van der Waals surface area contributed by atoms with E-state index in [0.717, 1.165) is 13.0 Å². The largest absolute Gasteiger partial charge is 0.478 e. The van der Waals surface area contributed by atoms with E-state index in [4.69, 9.17) is 5.11 Å². The Hall–Kier alpha value is -0.960. The number of sulfonamides is 1. The molecule has 0 aliphatic carbocycles. The topological polar surface area (TPSA) is 77.9 Å². The number of hydrogen-bond donors (Lipinski definition) is 1. The van der Waals surface area contributed by atoms with Crippen molar-refractivity contribution in [3.05, 3.63) is 28.2 Å². The molecule has 8 heteroatoms. The molecule has 0 radical (unpaired) electrons. The highest BCUT2D eigenvalue weighted by Crippen LogP contribution is 2.24. The average molecular weight is 377 g/mol. The van der Waals surface area contributed by atoms with E-state index in [0.29, 0.717) is 24.1 Å². The minimum absolute atomic E-state index is 0.0210. The van der Waals surface area contributed by atoms with E-state index in [1.807, 2.05) is 7.05 Å². The van der Waals surface area contributed by atoms with Crippen LogP contribution in [0.5, 0.6) is 0 Å². The molecule has 1 fully saturated rings. The average Bonchev–Trinajstić information content (AvgIpc) is 2.63. The molecule has 0 saturated carbocycles. The van der Waals surface area contributed by atoms with Crippen LogP contribution in [0.25, 0.3) is 0 Å². The standard InChI is InChI=1S/C13H17BrN2O4S/c1-15-5-2-6-16(8-7-15)21(19,20)10-3-4-12(14)11(9-10)13(17)18/h3-4,9H,2,5-8H2,1H3,(H,17,18). The highest BCUT2D eigenvalue weighted by atomic mass is 79.9. The number of likely N-dealkylation sites (N-methyl/N-ethyl adjacent to an activating group) is 1. The van der Waals surface area contributed by atoms with Crippen molar-refractivity contribution in [3.63, 3.8) is 0 Å². The van der Waals surface area contributed by atoms with Crippen molar-refractivity contribution >= 4 is 31.9 Å². The Morgan fingerprint density at radius 3 is 2.62 bits per heavy atom. The molecule has 1 aromatic carbocycles. The van der Waals surface area contributed by atoms with E-state index < -0.39 is 16.0 Å². The van der Waals surface area contributed by atoms with Crippen molar-refractivity contribution in [2.45, 2.75) is 11.3 Å². The van der Waals surface area contributed by atoms with Crippen LogP contribution in [0.1, 0.15) is 16.8 Å². The summed E-state index contributed by atoms with van der Waals surface area (Å²) >= 11 is 3.12. The third-order valence-electron chi connectivity index (χ3n) is 3.48. The van der Waals surface area contributed by atoms with Crippen molar-refractivity contribution in [1.29, 1.82) is 0 Å². The maximum absolute atomic E-state index is 12.6. The Balaban J connectivity index is 2.35. The van der Waals surface area contributed by atoms with Gasteiger partial charge in [0.1, 0.15) is 0 Å². The van der Waals surface area contributed by atoms with Crippen molar-refractivity contribution in [2.75, 3.05) is 33.2 Å². The van der Waals surface area contributed by atoms with Gasteiger partial charge in [0.2, 0.25) is 10.0 Å². The number of hydrogen-bond acceptors (Lipinski definition) is 4. The fourth-order valence-electron chi connectivity index (χ4n) is 2.24. The highest BCUT2D eigenvalue weighted by Gasteiger charge is 2.27. The second-order valence-electron chi connectivity index (χ2n) is 5.01. The quantitative estimate of drug-likeness (QED) is 0.863. The summed E-state index contributed by atoms with van der Waals surface area (Å²) in [6, 6.07) is 4.09. The molecule has 1 aliphatic rings. The Bertz CT molecular complexity index is 648. The van der Waals surface area contributed by atoms with Crippen LogP contribution in [0.4, 0.5) is 0 Å². The van der Waals surface area contributed by atoms with Crippen LogP contribution in [0.2, 0.25) is 0 Å². The lowest BCUT2D eigenvalue weighted by atomic mass is 10.2. The molecule has 0 amide bonds. The highest BCUT2D eigenvalue weighted by molar-refractivity contribution is 9.10. The lowest BCUT2D eigenvalue weighted by molar-refractivity contribution is 0.0695. The molecule has 0 spiro atoms. The van der Waals surface area contributed by atoms with Gasteiger partial charge < -0.3 is 10.0 Å².